The van der Waals surface area contributed by atoms with Gasteiger partial charge in [0.15, 0.2) is 0 Å². The van der Waals surface area contributed by atoms with E-state index >= 15 is 0 Å². The molecule has 1 atom stereocenters. The molecule has 3 rings (SSSR count). The molecule has 33 heavy (non-hydrogen) atoms. The van der Waals surface area contributed by atoms with Crippen LogP contribution in [0.5, 0.6) is 0 Å². The van der Waals surface area contributed by atoms with Gasteiger partial charge in [0.1, 0.15) is 6.42 Å². The molecule has 1 unspecified atom stereocenters. The van der Waals surface area contributed by atoms with Gasteiger partial charge in [-0.1, -0.05) is 52.6 Å². The van der Waals surface area contributed by atoms with E-state index in [0.717, 1.165) is 12.1 Å². The Balaban J connectivity index is 1.69. The summed E-state index contributed by atoms with van der Waals surface area (Å²) >= 11 is 11.8. The quantitative estimate of drug-likeness (QED) is 0.469. The molecule has 12 heteroatoms. The van der Waals surface area contributed by atoms with Crippen LogP contribution in [0, 0.1) is 0 Å². The second-order valence-corrected chi connectivity index (χ2v) is 8.25. The summed E-state index contributed by atoms with van der Waals surface area (Å²) in [6.45, 7) is -0.0228. The van der Waals surface area contributed by atoms with Gasteiger partial charge in [-0.2, -0.15) is 26.3 Å². The molecule has 2 aromatic rings. The van der Waals surface area contributed by atoms with Gasteiger partial charge in [0.25, 0.3) is 5.60 Å². The molecule has 0 aliphatic carbocycles. The highest BCUT2D eigenvalue weighted by atomic mass is 35.5. The highest BCUT2D eigenvalue weighted by molar-refractivity contribution is 6.34. The molecule has 1 amide bonds. The van der Waals surface area contributed by atoms with Gasteiger partial charge >= 0.3 is 12.4 Å². The van der Waals surface area contributed by atoms with Crippen LogP contribution in [0.25, 0.3) is 0 Å². The molecule has 1 N–H and O–H groups in total. The van der Waals surface area contributed by atoms with Crippen LogP contribution in [-0.4, -0.2) is 30.5 Å². The van der Waals surface area contributed by atoms with Crippen molar-refractivity contribution < 1.29 is 36.0 Å². The maximum Gasteiger partial charge on any atom is 0.435 e. The molecule has 0 radical (unpaired) electrons. The number of nitrogens with zero attached hydrogens (tertiary/aromatic N) is 1. The van der Waals surface area contributed by atoms with Crippen LogP contribution in [0.15, 0.2) is 47.6 Å². The van der Waals surface area contributed by atoms with Crippen molar-refractivity contribution >= 4 is 34.8 Å². The predicted molar refractivity (Wildman–Crippen MR) is 110 cm³/mol. The maximum absolute atomic E-state index is 14.0. The van der Waals surface area contributed by atoms with E-state index in [1.807, 2.05) is 0 Å². The molecule has 0 saturated heterocycles. The van der Waals surface area contributed by atoms with E-state index < -0.39 is 36.7 Å². The first kappa shape index (κ1) is 25.2. The molecule has 1 aliphatic rings. The third kappa shape index (κ3) is 6.11. The van der Waals surface area contributed by atoms with Gasteiger partial charge < -0.3 is 10.2 Å². The predicted octanol–water partition coefficient (Wildman–Crippen LogP) is 6.19. The van der Waals surface area contributed by atoms with Crippen LogP contribution < -0.4 is 5.32 Å². The summed E-state index contributed by atoms with van der Waals surface area (Å²) in [4.78, 5) is 16.1. The van der Waals surface area contributed by atoms with Gasteiger partial charge in [-0.25, -0.2) is 0 Å². The van der Waals surface area contributed by atoms with Crippen molar-refractivity contribution in [2.24, 2.45) is 5.16 Å². The number of halogens is 8. The summed E-state index contributed by atoms with van der Waals surface area (Å²) in [5.74, 6) is -1.14. The molecule has 0 aromatic heterocycles. The zero-order chi connectivity index (χ0) is 24.4. The van der Waals surface area contributed by atoms with Gasteiger partial charge in [-0.15, -0.1) is 0 Å². The second-order valence-electron chi connectivity index (χ2n) is 7.38. The van der Waals surface area contributed by atoms with Crippen molar-refractivity contribution in [3.05, 3.63) is 69.2 Å². The Morgan fingerprint density at radius 2 is 1.64 bits per heavy atom. The summed E-state index contributed by atoms with van der Waals surface area (Å²) in [5.41, 5.74) is -1.95. The van der Waals surface area contributed by atoms with E-state index in [1.165, 1.54) is 18.2 Å². The highest BCUT2D eigenvalue weighted by Crippen LogP contribution is 2.49. The SMILES string of the molecule is O=C(CC(F)(F)F)NCCc1ccc(C2=NOC(c3cc(Cl)cc(Cl)c3)(C(F)(F)F)C2)cc1. The van der Waals surface area contributed by atoms with Crippen LogP contribution in [0.2, 0.25) is 10.0 Å². The smallest absolute Gasteiger partial charge is 0.374 e. The zero-order valence-corrected chi connectivity index (χ0v) is 18.2. The Hall–Kier alpha value is -2.46. The molecule has 0 bridgehead atoms. The number of benzene rings is 2. The van der Waals surface area contributed by atoms with E-state index in [1.54, 1.807) is 12.1 Å². The van der Waals surface area contributed by atoms with Crippen molar-refractivity contribution in [3.8, 4) is 0 Å². The van der Waals surface area contributed by atoms with Gasteiger partial charge in [0.05, 0.1) is 5.71 Å². The van der Waals surface area contributed by atoms with Gasteiger partial charge in [-0.3, -0.25) is 4.79 Å². The lowest BCUT2D eigenvalue weighted by Crippen LogP contribution is -2.42. The highest BCUT2D eigenvalue weighted by Gasteiger charge is 2.62. The number of carbonyl (C=O) groups is 1. The number of hydrogen-bond acceptors (Lipinski definition) is 3. The van der Waals surface area contributed by atoms with E-state index in [4.69, 9.17) is 28.0 Å². The van der Waals surface area contributed by atoms with Crippen molar-refractivity contribution in [2.75, 3.05) is 6.54 Å². The van der Waals surface area contributed by atoms with Gasteiger partial charge in [0, 0.05) is 28.6 Å². The van der Waals surface area contributed by atoms with Crippen LogP contribution in [0.3, 0.4) is 0 Å². The van der Waals surface area contributed by atoms with Crippen molar-refractivity contribution in [1.82, 2.24) is 5.32 Å². The Kier molecular flexibility index (Phi) is 7.18. The number of amides is 1. The van der Waals surface area contributed by atoms with Crippen LogP contribution in [0.1, 0.15) is 29.5 Å². The summed E-state index contributed by atoms with van der Waals surface area (Å²) in [5, 5.41) is 5.86. The van der Waals surface area contributed by atoms with Gasteiger partial charge in [-0.05, 0) is 35.7 Å². The first-order chi connectivity index (χ1) is 15.3. The lowest BCUT2D eigenvalue weighted by Gasteiger charge is -2.29. The number of nitrogens with one attached hydrogen (secondary N) is 1. The standard InChI is InChI=1S/C21H16Cl2F6N2O2/c22-15-7-14(8-16(23)9-15)19(21(27,28)29)10-17(31-33-19)13-3-1-12(2-4-13)5-6-30-18(32)11-20(24,25)26/h1-4,7-9H,5-6,10-11H2,(H,30,32). The summed E-state index contributed by atoms with van der Waals surface area (Å²) in [7, 11) is 0. The van der Waals surface area contributed by atoms with Crippen molar-refractivity contribution in [3.63, 3.8) is 0 Å². The first-order valence-electron chi connectivity index (χ1n) is 9.50. The van der Waals surface area contributed by atoms with E-state index in [2.05, 4.69) is 10.5 Å². The minimum absolute atomic E-state index is 0.0184. The summed E-state index contributed by atoms with van der Waals surface area (Å²) in [6.07, 6.45) is -11.3. The van der Waals surface area contributed by atoms with Gasteiger partial charge in [0.2, 0.25) is 5.91 Å². The maximum atomic E-state index is 14.0. The third-order valence-corrected chi connectivity index (χ3v) is 5.34. The lowest BCUT2D eigenvalue weighted by atomic mass is 9.86. The fourth-order valence-electron chi connectivity index (χ4n) is 3.30. The zero-order valence-electron chi connectivity index (χ0n) is 16.7. The van der Waals surface area contributed by atoms with E-state index in [-0.39, 0.29) is 34.3 Å². The Morgan fingerprint density at radius 3 is 2.18 bits per heavy atom. The van der Waals surface area contributed by atoms with E-state index in [9.17, 15) is 31.1 Å². The molecule has 1 heterocycles. The Morgan fingerprint density at radius 1 is 1.03 bits per heavy atom. The topological polar surface area (TPSA) is 50.7 Å². The first-order valence-corrected chi connectivity index (χ1v) is 10.3. The molecule has 4 nitrogen and oxygen atoms in total. The number of rotatable bonds is 6. The number of carbonyl (C=O) groups excluding carboxylic acids is 1. The normalized spacial score (nSPS) is 18.6. The largest absolute Gasteiger partial charge is 0.435 e. The Labute approximate surface area is 194 Å². The van der Waals surface area contributed by atoms with Crippen molar-refractivity contribution in [2.45, 2.75) is 37.2 Å². The fraction of sp³-hybridized carbons (Fsp3) is 0.333. The molecule has 1 aliphatic heterocycles. The number of oxime groups is 1. The van der Waals surface area contributed by atoms with Crippen LogP contribution in [-0.2, 0) is 21.7 Å². The second kappa shape index (κ2) is 9.42. The number of hydrogen-bond donors (Lipinski definition) is 1. The minimum Gasteiger partial charge on any atom is -0.374 e. The fourth-order valence-corrected chi connectivity index (χ4v) is 3.83. The van der Waals surface area contributed by atoms with Crippen LogP contribution in [0.4, 0.5) is 26.3 Å². The average Bonchev–Trinajstić information content (AvgIpc) is 3.13. The molecule has 0 fully saturated rings. The van der Waals surface area contributed by atoms with E-state index in [0.29, 0.717) is 11.1 Å². The third-order valence-electron chi connectivity index (χ3n) is 4.90. The van der Waals surface area contributed by atoms with Crippen LogP contribution >= 0.6 is 23.2 Å². The number of alkyl halides is 6. The molecular formula is C21H16Cl2F6N2O2. The monoisotopic (exact) mass is 512 g/mol. The summed E-state index contributed by atoms with van der Waals surface area (Å²) in [6, 6.07) is 9.75. The Bertz CT molecular complexity index is 1030. The molecule has 0 saturated carbocycles. The lowest BCUT2D eigenvalue weighted by molar-refractivity contribution is -0.275. The summed E-state index contributed by atoms with van der Waals surface area (Å²) < 4.78 is 78.6. The average molecular weight is 513 g/mol. The minimum atomic E-state index is -4.82. The molecule has 2 aromatic carbocycles. The molecule has 0 spiro atoms. The molecular weight excluding hydrogens is 497 g/mol. The molecule has 178 valence electrons. The van der Waals surface area contributed by atoms with Crippen molar-refractivity contribution in [1.29, 1.82) is 0 Å².